The van der Waals surface area contributed by atoms with Crippen LogP contribution in [0, 0.1) is 5.92 Å². The van der Waals surface area contributed by atoms with Crippen LogP contribution in [0.4, 0.5) is 0 Å². The van der Waals surface area contributed by atoms with E-state index in [1.54, 1.807) is 0 Å². The fraction of sp³-hybridized carbons (Fsp3) is 0.0625. The zero-order valence-corrected chi connectivity index (χ0v) is 19.7. The smallest absolute Gasteiger partial charge is 0.171 e. The summed E-state index contributed by atoms with van der Waals surface area (Å²) >= 11 is 0. The van der Waals surface area contributed by atoms with Crippen LogP contribution in [0.5, 0.6) is 0 Å². The SMILES string of the molecule is O=P(c1ccccc1)(c1ccccc1)c1ccc(C2=c3ccccc3=C3C=CC=CC3C2)cc1. The molecule has 164 valence electrons. The lowest BCUT2D eigenvalue weighted by Gasteiger charge is -2.25. The number of hydrogen-bond acceptors (Lipinski definition) is 1. The molecule has 1 atom stereocenters. The largest absolute Gasteiger partial charge is 0.309 e. The van der Waals surface area contributed by atoms with Crippen LogP contribution in [0.3, 0.4) is 0 Å². The summed E-state index contributed by atoms with van der Waals surface area (Å²) in [6, 6.07) is 36.9. The first-order valence-corrected chi connectivity index (χ1v) is 13.5. The van der Waals surface area contributed by atoms with E-state index >= 15 is 0 Å². The molecule has 0 amide bonds. The molecule has 0 aliphatic heterocycles. The van der Waals surface area contributed by atoms with Gasteiger partial charge in [0.1, 0.15) is 0 Å². The summed E-state index contributed by atoms with van der Waals surface area (Å²) in [6.45, 7) is 0. The Labute approximate surface area is 200 Å². The van der Waals surface area contributed by atoms with Crippen LogP contribution in [-0.4, -0.2) is 0 Å². The summed E-state index contributed by atoms with van der Waals surface area (Å²) in [6.07, 6.45) is 9.81. The van der Waals surface area contributed by atoms with Gasteiger partial charge < -0.3 is 4.57 Å². The topological polar surface area (TPSA) is 17.1 Å². The third kappa shape index (κ3) is 3.45. The molecule has 4 aromatic carbocycles. The summed E-state index contributed by atoms with van der Waals surface area (Å²) in [7, 11) is -2.96. The fourth-order valence-electron chi connectivity index (χ4n) is 5.25. The molecular weight excluding hydrogens is 431 g/mol. The van der Waals surface area contributed by atoms with E-state index in [0.717, 1.165) is 22.3 Å². The van der Waals surface area contributed by atoms with Gasteiger partial charge in [0.15, 0.2) is 7.14 Å². The zero-order chi connectivity index (χ0) is 23.0. The highest BCUT2D eigenvalue weighted by molar-refractivity contribution is 7.85. The summed E-state index contributed by atoms with van der Waals surface area (Å²) in [4.78, 5) is 0. The highest BCUT2D eigenvalue weighted by Gasteiger charge is 2.29. The van der Waals surface area contributed by atoms with Crippen molar-refractivity contribution in [3.8, 4) is 0 Å². The molecule has 0 aromatic heterocycles. The van der Waals surface area contributed by atoms with Crippen LogP contribution >= 0.6 is 7.14 Å². The number of fused-ring (bicyclic) bond motifs is 2. The Morgan fingerprint density at radius 1 is 0.588 bits per heavy atom. The van der Waals surface area contributed by atoms with Crippen molar-refractivity contribution in [3.63, 3.8) is 0 Å². The number of allylic oxidation sites excluding steroid dienone is 4. The normalized spacial score (nSPS) is 16.8. The van der Waals surface area contributed by atoms with Crippen LogP contribution in [0.25, 0.3) is 11.1 Å². The molecule has 2 heteroatoms. The minimum absolute atomic E-state index is 0.398. The highest BCUT2D eigenvalue weighted by Crippen LogP contribution is 2.42. The number of benzene rings is 4. The van der Waals surface area contributed by atoms with Gasteiger partial charge in [-0.05, 0) is 33.6 Å². The summed E-state index contributed by atoms with van der Waals surface area (Å²) in [5.74, 6) is 0.398. The minimum atomic E-state index is -2.96. The van der Waals surface area contributed by atoms with Gasteiger partial charge >= 0.3 is 0 Å². The Balaban J connectivity index is 1.51. The molecule has 0 bridgehead atoms. The Kier molecular flexibility index (Phi) is 5.28. The lowest BCUT2D eigenvalue weighted by atomic mass is 9.80. The van der Waals surface area contributed by atoms with E-state index in [2.05, 4.69) is 72.8 Å². The first kappa shape index (κ1) is 20.9. The average Bonchev–Trinajstić information content (AvgIpc) is 2.93. The summed E-state index contributed by atoms with van der Waals surface area (Å²) < 4.78 is 14.7. The van der Waals surface area contributed by atoms with Crippen LogP contribution in [-0.2, 0) is 4.57 Å². The maximum Gasteiger partial charge on any atom is 0.171 e. The summed E-state index contributed by atoms with van der Waals surface area (Å²) in [5.41, 5.74) is 3.95. The molecule has 0 fully saturated rings. The molecule has 1 unspecified atom stereocenters. The first-order valence-electron chi connectivity index (χ1n) is 11.7. The lowest BCUT2D eigenvalue weighted by molar-refractivity contribution is 0.592. The summed E-state index contributed by atoms with van der Waals surface area (Å²) in [5, 5.41) is 5.21. The van der Waals surface area contributed by atoms with Crippen LogP contribution in [0.1, 0.15) is 12.0 Å². The standard InChI is InChI=1S/C32H25OP/c33-34(26-12-3-1-4-13-26,27-14-5-2-6-15-27)28-21-19-24(20-22-28)32-23-25-11-7-8-16-29(25)30-17-9-10-18-31(30)32/h1-22,25H,23H2. The highest BCUT2D eigenvalue weighted by atomic mass is 31.2. The molecule has 2 aliphatic carbocycles. The first-order chi connectivity index (χ1) is 16.7. The van der Waals surface area contributed by atoms with Crippen LogP contribution in [0.15, 0.2) is 133 Å². The molecule has 0 radical (unpaired) electrons. The van der Waals surface area contributed by atoms with Crippen molar-refractivity contribution in [1.82, 2.24) is 0 Å². The van der Waals surface area contributed by atoms with Crippen molar-refractivity contribution in [2.45, 2.75) is 6.42 Å². The van der Waals surface area contributed by atoms with Crippen molar-refractivity contribution >= 4 is 34.2 Å². The number of hydrogen-bond donors (Lipinski definition) is 0. The monoisotopic (exact) mass is 456 g/mol. The third-order valence-corrected chi connectivity index (χ3v) is 10.0. The van der Waals surface area contributed by atoms with Gasteiger partial charge in [0.05, 0.1) is 0 Å². The second kappa shape index (κ2) is 8.60. The second-order valence-electron chi connectivity index (χ2n) is 8.86. The molecule has 4 aromatic rings. The Hall–Kier alpha value is -3.67. The maximum atomic E-state index is 14.7. The predicted molar refractivity (Wildman–Crippen MR) is 144 cm³/mol. The maximum absolute atomic E-state index is 14.7. The fourth-order valence-corrected chi connectivity index (χ4v) is 7.90. The van der Waals surface area contributed by atoms with Gasteiger partial charge in [-0.1, -0.05) is 133 Å². The van der Waals surface area contributed by atoms with Gasteiger partial charge in [-0.15, -0.1) is 0 Å². The van der Waals surface area contributed by atoms with Crippen LogP contribution in [0.2, 0.25) is 0 Å². The molecule has 0 heterocycles. The molecular formula is C32H25OP. The lowest BCUT2D eigenvalue weighted by Crippen LogP contribution is -2.35. The van der Waals surface area contributed by atoms with Crippen molar-refractivity contribution in [3.05, 3.63) is 149 Å². The van der Waals surface area contributed by atoms with Gasteiger partial charge in [0.2, 0.25) is 0 Å². The Morgan fingerprint density at radius 3 is 1.79 bits per heavy atom. The van der Waals surface area contributed by atoms with E-state index in [4.69, 9.17) is 0 Å². The minimum Gasteiger partial charge on any atom is -0.309 e. The van der Waals surface area contributed by atoms with Gasteiger partial charge in [0, 0.05) is 21.8 Å². The van der Waals surface area contributed by atoms with Crippen molar-refractivity contribution < 1.29 is 4.57 Å². The molecule has 2 aliphatic rings. The van der Waals surface area contributed by atoms with Gasteiger partial charge in [-0.2, -0.15) is 0 Å². The molecule has 1 nitrogen and oxygen atoms in total. The third-order valence-electron chi connectivity index (χ3n) is 6.94. The van der Waals surface area contributed by atoms with E-state index in [9.17, 15) is 4.57 Å². The zero-order valence-electron chi connectivity index (χ0n) is 18.8. The molecule has 0 spiro atoms. The van der Waals surface area contributed by atoms with Gasteiger partial charge in [-0.3, -0.25) is 0 Å². The molecule has 6 rings (SSSR count). The van der Waals surface area contributed by atoms with Crippen molar-refractivity contribution in [2.75, 3.05) is 0 Å². The Morgan fingerprint density at radius 2 is 1.15 bits per heavy atom. The molecule has 34 heavy (non-hydrogen) atoms. The quantitative estimate of drug-likeness (QED) is 0.403. The van der Waals surface area contributed by atoms with E-state index in [0.29, 0.717) is 5.92 Å². The van der Waals surface area contributed by atoms with E-state index in [1.165, 1.54) is 27.1 Å². The van der Waals surface area contributed by atoms with E-state index < -0.39 is 7.14 Å². The van der Waals surface area contributed by atoms with Gasteiger partial charge in [0.25, 0.3) is 0 Å². The number of rotatable bonds is 4. The van der Waals surface area contributed by atoms with Crippen molar-refractivity contribution in [2.24, 2.45) is 5.92 Å². The average molecular weight is 457 g/mol. The Bertz CT molecular complexity index is 1530. The van der Waals surface area contributed by atoms with E-state index in [1.807, 2.05) is 60.7 Å². The molecule has 0 N–H and O–H groups in total. The molecule has 0 saturated heterocycles. The van der Waals surface area contributed by atoms with Crippen molar-refractivity contribution in [1.29, 1.82) is 0 Å². The van der Waals surface area contributed by atoms with Crippen LogP contribution < -0.4 is 26.4 Å². The predicted octanol–water partition coefficient (Wildman–Crippen LogP) is 4.82. The molecule has 0 saturated carbocycles. The van der Waals surface area contributed by atoms with E-state index in [-0.39, 0.29) is 0 Å². The van der Waals surface area contributed by atoms with Gasteiger partial charge in [-0.25, -0.2) is 0 Å². The second-order valence-corrected chi connectivity index (χ2v) is 11.6.